The van der Waals surface area contributed by atoms with E-state index >= 15 is 0 Å². The minimum absolute atomic E-state index is 0.0483. The van der Waals surface area contributed by atoms with E-state index in [2.05, 4.69) is 10.3 Å². The molecule has 0 spiro atoms. The van der Waals surface area contributed by atoms with E-state index in [0.717, 1.165) is 19.5 Å². The predicted molar refractivity (Wildman–Crippen MR) is 76.1 cm³/mol. The molecule has 1 amide bonds. The summed E-state index contributed by atoms with van der Waals surface area (Å²) in [5.41, 5.74) is 6.32. The second-order valence-corrected chi connectivity index (χ2v) is 5.34. The van der Waals surface area contributed by atoms with Crippen molar-refractivity contribution in [2.24, 2.45) is 11.7 Å². The average Bonchev–Trinajstić information content (AvgIpc) is 2.86. The van der Waals surface area contributed by atoms with Crippen molar-refractivity contribution in [2.45, 2.75) is 26.3 Å². The predicted octanol–water partition coefficient (Wildman–Crippen LogP) is 1.32. The zero-order chi connectivity index (χ0) is 13.8. The van der Waals surface area contributed by atoms with E-state index in [1.165, 1.54) is 0 Å². The standard InChI is InChI=1S/C14H22N4O/c1-10(2)17-13-12(4-3-6-16-13)14(19)18-7-5-11(8-15)9-18/h3-4,6,10-11H,5,7-9,15H2,1-2H3,(H,16,17)/t11-/m0/s1. The van der Waals surface area contributed by atoms with Crippen LogP contribution in [-0.2, 0) is 0 Å². The maximum atomic E-state index is 12.5. The van der Waals surface area contributed by atoms with Crippen LogP contribution in [0.2, 0.25) is 0 Å². The Labute approximate surface area is 114 Å². The molecule has 19 heavy (non-hydrogen) atoms. The molecule has 1 atom stereocenters. The molecule has 0 radical (unpaired) electrons. The number of pyridine rings is 1. The summed E-state index contributed by atoms with van der Waals surface area (Å²) in [5, 5.41) is 3.22. The molecule has 0 aliphatic carbocycles. The molecule has 2 rings (SSSR count). The van der Waals surface area contributed by atoms with Gasteiger partial charge in [-0.05, 0) is 44.9 Å². The summed E-state index contributed by atoms with van der Waals surface area (Å²) in [4.78, 5) is 18.7. The van der Waals surface area contributed by atoms with Crippen LogP contribution < -0.4 is 11.1 Å². The van der Waals surface area contributed by atoms with Gasteiger partial charge in [0.25, 0.3) is 5.91 Å². The third kappa shape index (κ3) is 3.23. The summed E-state index contributed by atoms with van der Waals surface area (Å²) in [6, 6.07) is 3.88. The number of anilines is 1. The number of nitrogens with two attached hydrogens (primary N) is 1. The number of hydrogen-bond donors (Lipinski definition) is 2. The SMILES string of the molecule is CC(C)Nc1ncccc1C(=O)N1CC[C@@H](CN)C1. The van der Waals surface area contributed by atoms with Crippen molar-refractivity contribution in [2.75, 3.05) is 25.0 Å². The number of rotatable bonds is 4. The van der Waals surface area contributed by atoms with Crippen LogP contribution in [0.25, 0.3) is 0 Å². The molecule has 1 aromatic heterocycles. The lowest BCUT2D eigenvalue weighted by molar-refractivity contribution is 0.0788. The molecule has 0 unspecified atom stereocenters. The third-order valence-electron chi connectivity index (χ3n) is 3.37. The van der Waals surface area contributed by atoms with Gasteiger partial charge in [0.05, 0.1) is 5.56 Å². The smallest absolute Gasteiger partial charge is 0.257 e. The van der Waals surface area contributed by atoms with E-state index in [9.17, 15) is 4.79 Å². The molecule has 3 N–H and O–H groups in total. The number of likely N-dealkylation sites (tertiary alicyclic amines) is 1. The molecular weight excluding hydrogens is 240 g/mol. The fourth-order valence-electron chi connectivity index (χ4n) is 2.35. The second-order valence-electron chi connectivity index (χ2n) is 5.34. The lowest BCUT2D eigenvalue weighted by atomic mass is 10.1. The molecule has 1 aliphatic heterocycles. The first-order chi connectivity index (χ1) is 9.11. The van der Waals surface area contributed by atoms with Crippen LogP contribution in [0, 0.1) is 5.92 Å². The Morgan fingerprint density at radius 1 is 1.63 bits per heavy atom. The first kappa shape index (κ1) is 13.8. The maximum Gasteiger partial charge on any atom is 0.257 e. The Hall–Kier alpha value is -1.62. The zero-order valence-corrected chi connectivity index (χ0v) is 11.6. The van der Waals surface area contributed by atoms with Gasteiger partial charge in [-0.25, -0.2) is 4.98 Å². The van der Waals surface area contributed by atoms with Crippen molar-refractivity contribution in [3.8, 4) is 0 Å². The maximum absolute atomic E-state index is 12.5. The second kappa shape index (κ2) is 6.02. The Morgan fingerprint density at radius 3 is 3.05 bits per heavy atom. The van der Waals surface area contributed by atoms with Gasteiger partial charge in [0.15, 0.2) is 0 Å². The topological polar surface area (TPSA) is 71.2 Å². The number of nitrogens with zero attached hydrogens (tertiary/aromatic N) is 2. The van der Waals surface area contributed by atoms with E-state index in [1.54, 1.807) is 12.3 Å². The van der Waals surface area contributed by atoms with Gasteiger partial charge in [0.2, 0.25) is 0 Å². The molecule has 0 bridgehead atoms. The molecule has 0 aromatic carbocycles. The highest BCUT2D eigenvalue weighted by molar-refractivity contribution is 5.98. The Bertz CT molecular complexity index is 447. The molecule has 1 aromatic rings. The Balaban J connectivity index is 2.15. The van der Waals surface area contributed by atoms with Crippen LogP contribution in [-0.4, -0.2) is 41.5 Å². The summed E-state index contributed by atoms with van der Waals surface area (Å²) in [5.74, 6) is 1.15. The first-order valence-corrected chi connectivity index (χ1v) is 6.82. The summed E-state index contributed by atoms with van der Waals surface area (Å²) in [6.45, 7) is 6.25. The van der Waals surface area contributed by atoms with Gasteiger partial charge in [-0.2, -0.15) is 0 Å². The van der Waals surface area contributed by atoms with Crippen LogP contribution in [0.3, 0.4) is 0 Å². The Kier molecular flexibility index (Phi) is 4.37. The first-order valence-electron chi connectivity index (χ1n) is 6.82. The number of amides is 1. The van der Waals surface area contributed by atoms with Crippen molar-refractivity contribution in [1.82, 2.24) is 9.88 Å². The highest BCUT2D eigenvalue weighted by atomic mass is 16.2. The highest BCUT2D eigenvalue weighted by Gasteiger charge is 2.27. The normalized spacial score (nSPS) is 18.9. The number of carbonyl (C=O) groups is 1. The number of nitrogens with one attached hydrogen (secondary N) is 1. The van der Waals surface area contributed by atoms with Crippen molar-refractivity contribution in [3.63, 3.8) is 0 Å². The summed E-state index contributed by atoms with van der Waals surface area (Å²) < 4.78 is 0. The lowest BCUT2D eigenvalue weighted by Crippen LogP contribution is -2.31. The van der Waals surface area contributed by atoms with E-state index in [1.807, 2.05) is 24.8 Å². The summed E-state index contributed by atoms with van der Waals surface area (Å²) in [7, 11) is 0. The van der Waals surface area contributed by atoms with E-state index < -0.39 is 0 Å². The van der Waals surface area contributed by atoms with Gasteiger partial charge in [-0.3, -0.25) is 4.79 Å². The fourth-order valence-corrected chi connectivity index (χ4v) is 2.35. The zero-order valence-electron chi connectivity index (χ0n) is 11.6. The minimum atomic E-state index is 0.0483. The molecule has 2 heterocycles. The van der Waals surface area contributed by atoms with Crippen LogP contribution in [0.5, 0.6) is 0 Å². The molecule has 1 fully saturated rings. The van der Waals surface area contributed by atoms with Crippen molar-refractivity contribution >= 4 is 11.7 Å². The lowest BCUT2D eigenvalue weighted by Gasteiger charge is -2.19. The largest absolute Gasteiger partial charge is 0.367 e. The highest BCUT2D eigenvalue weighted by Crippen LogP contribution is 2.21. The number of aromatic nitrogens is 1. The molecule has 1 saturated heterocycles. The van der Waals surface area contributed by atoms with Crippen LogP contribution in [0.15, 0.2) is 18.3 Å². The van der Waals surface area contributed by atoms with E-state index in [0.29, 0.717) is 23.8 Å². The monoisotopic (exact) mass is 262 g/mol. The summed E-state index contributed by atoms with van der Waals surface area (Å²) >= 11 is 0. The third-order valence-corrected chi connectivity index (χ3v) is 3.37. The quantitative estimate of drug-likeness (QED) is 0.858. The van der Waals surface area contributed by atoms with Gasteiger partial charge in [-0.15, -0.1) is 0 Å². The molecule has 104 valence electrons. The fraction of sp³-hybridized carbons (Fsp3) is 0.571. The van der Waals surface area contributed by atoms with Gasteiger partial charge < -0.3 is 16.0 Å². The molecule has 5 heteroatoms. The number of hydrogen-bond acceptors (Lipinski definition) is 4. The van der Waals surface area contributed by atoms with Crippen LogP contribution >= 0.6 is 0 Å². The van der Waals surface area contributed by atoms with Gasteiger partial charge in [0.1, 0.15) is 5.82 Å². The Morgan fingerprint density at radius 2 is 2.42 bits per heavy atom. The van der Waals surface area contributed by atoms with E-state index in [4.69, 9.17) is 5.73 Å². The molecule has 5 nitrogen and oxygen atoms in total. The average molecular weight is 262 g/mol. The number of carbonyl (C=O) groups excluding carboxylic acids is 1. The van der Waals surface area contributed by atoms with Crippen molar-refractivity contribution in [1.29, 1.82) is 0 Å². The van der Waals surface area contributed by atoms with Gasteiger partial charge >= 0.3 is 0 Å². The van der Waals surface area contributed by atoms with Crippen LogP contribution in [0.1, 0.15) is 30.6 Å². The molecule has 0 saturated carbocycles. The summed E-state index contributed by atoms with van der Waals surface area (Å²) in [6.07, 6.45) is 2.70. The van der Waals surface area contributed by atoms with Gasteiger partial charge in [0, 0.05) is 25.3 Å². The minimum Gasteiger partial charge on any atom is -0.367 e. The van der Waals surface area contributed by atoms with Crippen molar-refractivity contribution in [3.05, 3.63) is 23.9 Å². The van der Waals surface area contributed by atoms with Crippen molar-refractivity contribution < 1.29 is 4.79 Å². The van der Waals surface area contributed by atoms with Crippen LogP contribution in [0.4, 0.5) is 5.82 Å². The molecular formula is C14H22N4O. The molecule has 1 aliphatic rings. The van der Waals surface area contributed by atoms with Gasteiger partial charge in [-0.1, -0.05) is 0 Å². The van der Waals surface area contributed by atoms with E-state index in [-0.39, 0.29) is 11.9 Å².